The summed E-state index contributed by atoms with van der Waals surface area (Å²) in [6, 6.07) is 6.78. The molecule has 0 aliphatic rings. The number of nitrogens with one attached hydrogen (secondary N) is 1. The Kier molecular flexibility index (Phi) is 4.92. The van der Waals surface area contributed by atoms with Crippen LogP contribution in [0.4, 0.5) is 5.13 Å². The highest BCUT2D eigenvalue weighted by Crippen LogP contribution is 2.22. The molecule has 116 valence electrons. The van der Waals surface area contributed by atoms with E-state index < -0.39 is 6.10 Å². The number of thiazole rings is 1. The highest BCUT2D eigenvalue weighted by Gasteiger charge is 2.17. The lowest BCUT2D eigenvalue weighted by molar-refractivity contribution is -0.122. The Morgan fingerprint density at radius 1 is 1.32 bits per heavy atom. The Balaban J connectivity index is 2.02. The maximum absolute atomic E-state index is 12.1. The van der Waals surface area contributed by atoms with Crippen molar-refractivity contribution >= 4 is 28.2 Å². The number of amides is 1. The van der Waals surface area contributed by atoms with E-state index in [0.717, 1.165) is 10.6 Å². The molecule has 0 radical (unpaired) electrons. The Morgan fingerprint density at radius 3 is 2.64 bits per heavy atom. The van der Waals surface area contributed by atoms with Crippen molar-refractivity contribution in [2.75, 3.05) is 5.32 Å². The molecule has 1 N–H and O–H groups in total. The minimum Gasteiger partial charge on any atom is -0.481 e. The number of carbonyl (C=O) groups excluding carboxylic acids is 2. The summed E-state index contributed by atoms with van der Waals surface area (Å²) in [4.78, 5) is 28.8. The lowest BCUT2D eigenvalue weighted by Crippen LogP contribution is -2.30. The molecule has 22 heavy (non-hydrogen) atoms. The summed E-state index contributed by atoms with van der Waals surface area (Å²) < 4.78 is 5.59. The Hall–Kier alpha value is -2.21. The molecule has 1 unspecified atom stereocenters. The second-order valence-corrected chi connectivity index (χ2v) is 6.20. The van der Waals surface area contributed by atoms with E-state index in [-0.39, 0.29) is 11.7 Å². The fourth-order valence-corrected chi connectivity index (χ4v) is 2.60. The van der Waals surface area contributed by atoms with Crippen LogP contribution in [-0.4, -0.2) is 22.8 Å². The molecule has 0 fully saturated rings. The van der Waals surface area contributed by atoms with Crippen LogP contribution in [0.2, 0.25) is 0 Å². The van der Waals surface area contributed by atoms with E-state index in [9.17, 15) is 9.59 Å². The van der Waals surface area contributed by atoms with E-state index in [0.29, 0.717) is 16.4 Å². The Labute approximate surface area is 133 Å². The average molecular weight is 318 g/mol. The third kappa shape index (κ3) is 3.92. The molecule has 6 heteroatoms. The molecule has 1 heterocycles. The third-order valence-corrected chi connectivity index (χ3v) is 4.17. The van der Waals surface area contributed by atoms with Crippen LogP contribution < -0.4 is 10.1 Å². The maximum Gasteiger partial charge on any atom is 0.266 e. The predicted octanol–water partition coefficient (Wildman–Crippen LogP) is 3.37. The molecule has 0 aliphatic heterocycles. The molecular weight excluding hydrogens is 300 g/mol. The van der Waals surface area contributed by atoms with Crippen LogP contribution in [0.5, 0.6) is 5.75 Å². The van der Waals surface area contributed by atoms with Gasteiger partial charge >= 0.3 is 0 Å². The highest BCUT2D eigenvalue weighted by atomic mass is 32.1. The summed E-state index contributed by atoms with van der Waals surface area (Å²) in [6.45, 7) is 7.00. The van der Waals surface area contributed by atoms with Gasteiger partial charge in [-0.15, -0.1) is 11.3 Å². The van der Waals surface area contributed by atoms with Crippen LogP contribution in [0, 0.1) is 13.8 Å². The van der Waals surface area contributed by atoms with Gasteiger partial charge in [0.25, 0.3) is 5.91 Å². The summed E-state index contributed by atoms with van der Waals surface area (Å²) in [5.74, 6) is 0.167. The van der Waals surface area contributed by atoms with E-state index in [1.54, 1.807) is 31.2 Å². The number of ketones is 1. The first-order valence-corrected chi connectivity index (χ1v) is 7.71. The van der Waals surface area contributed by atoms with Crippen molar-refractivity contribution in [3.63, 3.8) is 0 Å². The average Bonchev–Trinajstić information content (AvgIpc) is 2.77. The minimum atomic E-state index is -0.688. The van der Waals surface area contributed by atoms with Gasteiger partial charge in [0.1, 0.15) is 5.75 Å². The predicted molar refractivity (Wildman–Crippen MR) is 86.8 cm³/mol. The number of hydrogen-bond acceptors (Lipinski definition) is 5. The molecule has 2 rings (SSSR count). The van der Waals surface area contributed by atoms with Gasteiger partial charge in [0.2, 0.25) is 0 Å². The molecule has 0 aliphatic carbocycles. The molecule has 1 atom stereocenters. The van der Waals surface area contributed by atoms with Crippen molar-refractivity contribution in [3.05, 3.63) is 40.4 Å². The number of benzene rings is 1. The largest absolute Gasteiger partial charge is 0.481 e. The number of ether oxygens (including phenoxy) is 1. The fourth-order valence-electron chi connectivity index (χ4n) is 1.78. The second-order valence-electron chi connectivity index (χ2n) is 4.99. The van der Waals surface area contributed by atoms with Gasteiger partial charge in [-0.3, -0.25) is 14.9 Å². The van der Waals surface area contributed by atoms with Gasteiger partial charge in [0, 0.05) is 10.4 Å². The molecule has 0 bridgehead atoms. The first-order chi connectivity index (χ1) is 10.4. The van der Waals surface area contributed by atoms with Crippen molar-refractivity contribution < 1.29 is 14.3 Å². The number of aromatic nitrogens is 1. The highest BCUT2D eigenvalue weighted by molar-refractivity contribution is 7.15. The molecule has 1 aromatic heterocycles. The SMILES string of the molecule is CC(=O)c1cccc(OC(C)C(=O)Nc2nc(C)c(C)s2)c1. The number of anilines is 1. The molecule has 5 nitrogen and oxygen atoms in total. The summed E-state index contributed by atoms with van der Waals surface area (Å²) in [5, 5.41) is 3.30. The fraction of sp³-hybridized carbons (Fsp3) is 0.312. The lowest BCUT2D eigenvalue weighted by Gasteiger charge is -2.14. The minimum absolute atomic E-state index is 0.0451. The van der Waals surface area contributed by atoms with Gasteiger partial charge < -0.3 is 4.74 Å². The molecule has 1 amide bonds. The second kappa shape index (κ2) is 6.70. The van der Waals surface area contributed by atoms with Gasteiger partial charge in [-0.05, 0) is 39.8 Å². The van der Waals surface area contributed by atoms with Crippen molar-refractivity contribution in [1.82, 2.24) is 4.98 Å². The van der Waals surface area contributed by atoms with Crippen molar-refractivity contribution in [1.29, 1.82) is 0 Å². The van der Waals surface area contributed by atoms with E-state index in [2.05, 4.69) is 10.3 Å². The van der Waals surface area contributed by atoms with Crippen LogP contribution in [-0.2, 0) is 4.79 Å². The van der Waals surface area contributed by atoms with Crippen LogP contribution in [0.3, 0.4) is 0 Å². The monoisotopic (exact) mass is 318 g/mol. The summed E-state index contributed by atoms with van der Waals surface area (Å²) in [7, 11) is 0. The van der Waals surface area contributed by atoms with Crippen molar-refractivity contribution in [2.45, 2.75) is 33.8 Å². The van der Waals surface area contributed by atoms with Crippen LogP contribution in [0.1, 0.15) is 34.8 Å². The van der Waals surface area contributed by atoms with Crippen molar-refractivity contribution in [3.8, 4) is 5.75 Å². The zero-order valence-corrected chi connectivity index (χ0v) is 13.8. The van der Waals surface area contributed by atoms with Crippen LogP contribution >= 0.6 is 11.3 Å². The number of nitrogens with zero attached hydrogens (tertiary/aromatic N) is 1. The van der Waals surface area contributed by atoms with Gasteiger partial charge in [-0.1, -0.05) is 12.1 Å². The number of hydrogen-bond donors (Lipinski definition) is 1. The van der Waals surface area contributed by atoms with E-state index >= 15 is 0 Å². The smallest absolute Gasteiger partial charge is 0.266 e. The Bertz CT molecular complexity index is 690. The molecule has 0 spiro atoms. The maximum atomic E-state index is 12.1. The van der Waals surface area contributed by atoms with Gasteiger partial charge in [0.05, 0.1) is 5.69 Å². The van der Waals surface area contributed by atoms with Gasteiger partial charge in [0.15, 0.2) is 17.0 Å². The molecule has 0 saturated carbocycles. The third-order valence-electron chi connectivity index (χ3n) is 3.18. The number of carbonyl (C=O) groups is 2. The molecule has 2 aromatic rings. The van der Waals surface area contributed by atoms with Crippen molar-refractivity contribution in [2.24, 2.45) is 0 Å². The first-order valence-electron chi connectivity index (χ1n) is 6.89. The van der Waals surface area contributed by atoms with E-state index in [4.69, 9.17) is 4.74 Å². The molecule has 0 saturated heterocycles. The quantitative estimate of drug-likeness (QED) is 0.858. The van der Waals surface area contributed by atoms with Crippen LogP contribution in [0.15, 0.2) is 24.3 Å². The van der Waals surface area contributed by atoms with Gasteiger partial charge in [-0.2, -0.15) is 0 Å². The summed E-state index contributed by atoms with van der Waals surface area (Å²) in [5.41, 5.74) is 1.46. The normalized spacial score (nSPS) is 11.8. The van der Waals surface area contributed by atoms with E-state index in [1.165, 1.54) is 18.3 Å². The lowest BCUT2D eigenvalue weighted by atomic mass is 10.1. The number of aryl methyl sites for hydroxylation is 2. The molecular formula is C16H18N2O3S. The zero-order valence-electron chi connectivity index (χ0n) is 13.0. The first kappa shape index (κ1) is 16.2. The Morgan fingerprint density at radius 2 is 2.05 bits per heavy atom. The summed E-state index contributed by atoms with van der Waals surface area (Å²) in [6.07, 6.45) is -0.688. The van der Waals surface area contributed by atoms with Crippen LogP contribution in [0.25, 0.3) is 0 Å². The standard InChI is InChI=1S/C16H18N2O3S/c1-9-12(4)22-16(17-9)18-15(20)11(3)21-14-7-5-6-13(8-14)10(2)19/h5-8,11H,1-4H3,(H,17,18,20). The topological polar surface area (TPSA) is 68.3 Å². The van der Waals surface area contributed by atoms with E-state index in [1.807, 2.05) is 13.8 Å². The number of rotatable bonds is 5. The number of Topliss-reactive ketones (excluding diaryl/α,β-unsaturated/α-hetero) is 1. The molecule has 1 aromatic carbocycles. The van der Waals surface area contributed by atoms with Gasteiger partial charge in [-0.25, -0.2) is 4.98 Å². The zero-order chi connectivity index (χ0) is 16.3. The summed E-state index contributed by atoms with van der Waals surface area (Å²) >= 11 is 1.43.